The van der Waals surface area contributed by atoms with E-state index in [0.717, 1.165) is 12.8 Å². The molecule has 126 valence electrons. The summed E-state index contributed by atoms with van der Waals surface area (Å²) in [7, 11) is 0. The molecule has 0 saturated carbocycles. The van der Waals surface area contributed by atoms with E-state index >= 15 is 0 Å². The van der Waals surface area contributed by atoms with Gasteiger partial charge in [0.1, 0.15) is 11.6 Å². The summed E-state index contributed by atoms with van der Waals surface area (Å²) in [4.78, 5) is 42.4. The van der Waals surface area contributed by atoms with Gasteiger partial charge in [-0.15, -0.1) is 0 Å². The normalized spacial score (nSPS) is 20.4. The minimum Gasteiger partial charge on any atom is -0.326 e. The molecule has 1 saturated heterocycles. The van der Waals surface area contributed by atoms with Crippen molar-refractivity contribution in [1.29, 1.82) is 0 Å². The van der Waals surface area contributed by atoms with Crippen molar-refractivity contribution in [3.63, 3.8) is 0 Å². The Morgan fingerprint density at radius 3 is 2.71 bits per heavy atom. The number of likely N-dealkylation sites (tertiary alicyclic amines) is 1. The highest BCUT2D eigenvalue weighted by atomic mass is 16.2. The lowest BCUT2D eigenvalue weighted by molar-refractivity contribution is 0.0601. The lowest BCUT2D eigenvalue weighted by Gasteiger charge is -2.34. The molecule has 1 amide bonds. The molecule has 1 aliphatic heterocycles. The van der Waals surface area contributed by atoms with Crippen molar-refractivity contribution in [2.75, 3.05) is 6.54 Å². The molecule has 0 aromatic carbocycles. The fraction of sp³-hybridized carbons (Fsp3) is 0.471. The number of rotatable bonds is 2. The largest absolute Gasteiger partial charge is 0.326 e. The number of hydrogen-bond donors (Lipinski definition) is 1. The molecule has 0 spiro atoms. The van der Waals surface area contributed by atoms with Gasteiger partial charge in [0.2, 0.25) is 0 Å². The maximum absolute atomic E-state index is 13.1. The Bertz CT molecular complexity index is 860. The first-order valence-corrected chi connectivity index (χ1v) is 8.02. The molecule has 0 radical (unpaired) electrons. The molecular weight excluding hydrogens is 306 g/mol. The molecule has 2 aromatic rings. The molecule has 1 atom stereocenters. The molecule has 3 rings (SSSR count). The number of nitrogens with zero attached hydrogens (tertiary/aromatic N) is 4. The maximum Gasteiger partial charge on any atom is 0.258 e. The van der Waals surface area contributed by atoms with Gasteiger partial charge in [-0.2, -0.15) is 0 Å². The summed E-state index contributed by atoms with van der Waals surface area (Å²) >= 11 is 0. The molecule has 2 aromatic heterocycles. The molecule has 1 N–H and O–H groups in total. The van der Waals surface area contributed by atoms with E-state index in [9.17, 15) is 9.59 Å². The Morgan fingerprint density at radius 2 is 2.04 bits per heavy atom. The van der Waals surface area contributed by atoms with Crippen LogP contribution in [-0.4, -0.2) is 37.3 Å². The summed E-state index contributed by atoms with van der Waals surface area (Å²) in [5.41, 5.74) is 0.952. The fourth-order valence-electron chi connectivity index (χ4n) is 3.31. The summed E-state index contributed by atoms with van der Waals surface area (Å²) in [5, 5.41) is 0. The van der Waals surface area contributed by atoms with Gasteiger partial charge in [-0.05, 0) is 40.5 Å². The van der Waals surface area contributed by atoms with E-state index in [0.29, 0.717) is 35.1 Å². The summed E-state index contributed by atoms with van der Waals surface area (Å²) < 4.78 is 0. The van der Waals surface area contributed by atoms with E-state index in [2.05, 4.69) is 19.9 Å². The number of carbonyl (C=O) groups excluding carboxylic acids is 1. The molecule has 1 unspecified atom stereocenters. The van der Waals surface area contributed by atoms with Crippen molar-refractivity contribution in [3.8, 4) is 0 Å². The van der Waals surface area contributed by atoms with E-state index in [-0.39, 0.29) is 11.5 Å². The van der Waals surface area contributed by atoms with Crippen molar-refractivity contribution in [2.24, 2.45) is 0 Å². The minimum atomic E-state index is -0.639. The van der Waals surface area contributed by atoms with Crippen LogP contribution < -0.4 is 5.56 Å². The van der Waals surface area contributed by atoms with Gasteiger partial charge in [-0.1, -0.05) is 0 Å². The number of H-pyrrole nitrogens is 1. The van der Waals surface area contributed by atoms with E-state index in [1.807, 2.05) is 13.8 Å². The zero-order chi connectivity index (χ0) is 17.5. The molecular formula is C17H21N5O2. The second-order valence-electron chi connectivity index (χ2n) is 6.49. The Morgan fingerprint density at radius 1 is 1.29 bits per heavy atom. The Balaban J connectivity index is 2.03. The average Bonchev–Trinajstić information content (AvgIpc) is 2.89. The predicted octanol–water partition coefficient (Wildman–Crippen LogP) is 1.64. The van der Waals surface area contributed by atoms with Crippen LogP contribution in [0.3, 0.4) is 0 Å². The van der Waals surface area contributed by atoms with E-state index < -0.39 is 5.54 Å². The Hall–Kier alpha value is -2.57. The third kappa shape index (κ3) is 2.70. The molecule has 1 aliphatic rings. The summed E-state index contributed by atoms with van der Waals surface area (Å²) in [5.74, 6) is 1.04. The standard InChI is InChI=1S/C17H21N5O2/c1-10-8-14(23)21-16(19-10)17(4)6-5-7-22(17)15(24)13-9-18-12(3)20-11(13)2/h8-9H,5-7H2,1-4H3,(H,19,21,23). The highest BCUT2D eigenvalue weighted by Gasteiger charge is 2.43. The monoisotopic (exact) mass is 327 g/mol. The second-order valence-corrected chi connectivity index (χ2v) is 6.49. The summed E-state index contributed by atoms with van der Waals surface area (Å²) in [6, 6.07) is 1.45. The Kier molecular flexibility index (Phi) is 3.95. The van der Waals surface area contributed by atoms with Crippen molar-refractivity contribution < 1.29 is 4.79 Å². The van der Waals surface area contributed by atoms with Gasteiger partial charge in [0, 0.05) is 24.5 Å². The Labute approximate surface area is 140 Å². The zero-order valence-corrected chi connectivity index (χ0v) is 14.4. The van der Waals surface area contributed by atoms with Crippen LogP contribution in [0.25, 0.3) is 0 Å². The number of hydrogen-bond acceptors (Lipinski definition) is 5. The number of amides is 1. The van der Waals surface area contributed by atoms with E-state index in [1.54, 1.807) is 24.9 Å². The predicted molar refractivity (Wildman–Crippen MR) is 88.7 cm³/mol. The van der Waals surface area contributed by atoms with Gasteiger partial charge in [-0.25, -0.2) is 15.0 Å². The van der Waals surface area contributed by atoms with E-state index in [4.69, 9.17) is 0 Å². The van der Waals surface area contributed by atoms with Crippen molar-refractivity contribution in [2.45, 2.75) is 46.1 Å². The van der Waals surface area contributed by atoms with Crippen LogP contribution in [0.4, 0.5) is 0 Å². The SMILES string of the molecule is Cc1cc(=O)[nH]c(C2(C)CCCN2C(=O)c2cnc(C)nc2C)n1. The number of aromatic nitrogens is 4. The van der Waals surface area contributed by atoms with Crippen LogP contribution in [0.5, 0.6) is 0 Å². The molecule has 7 nitrogen and oxygen atoms in total. The quantitative estimate of drug-likeness (QED) is 0.905. The molecule has 24 heavy (non-hydrogen) atoms. The average molecular weight is 327 g/mol. The van der Waals surface area contributed by atoms with Gasteiger partial charge in [-0.3, -0.25) is 9.59 Å². The van der Waals surface area contributed by atoms with Gasteiger partial charge < -0.3 is 9.88 Å². The number of carbonyl (C=O) groups is 1. The molecule has 0 aliphatic carbocycles. The van der Waals surface area contributed by atoms with Crippen molar-refractivity contribution in [3.05, 3.63) is 51.2 Å². The van der Waals surface area contributed by atoms with E-state index in [1.165, 1.54) is 6.07 Å². The van der Waals surface area contributed by atoms with Gasteiger partial charge in [0.05, 0.1) is 16.8 Å². The highest BCUT2D eigenvalue weighted by molar-refractivity contribution is 5.95. The minimum absolute atomic E-state index is 0.128. The number of aryl methyl sites for hydroxylation is 3. The lowest BCUT2D eigenvalue weighted by atomic mass is 9.96. The van der Waals surface area contributed by atoms with Crippen LogP contribution in [0.2, 0.25) is 0 Å². The van der Waals surface area contributed by atoms with Crippen molar-refractivity contribution in [1.82, 2.24) is 24.8 Å². The second kappa shape index (κ2) is 5.81. The smallest absolute Gasteiger partial charge is 0.258 e. The summed E-state index contributed by atoms with van der Waals surface area (Å²) in [6.07, 6.45) is 3.17. The number of aromatic amines is 1. The van der Waals surface area contributed by atoms with Crippen LogP contribution in [0.1, 0.15) is 53.2 Å². The summed E-state index contributed by atoms with van der Waals surface area (Å²) in [6.45, 7) is 7.94. The van der Waals surface area contributed by atoms with Crippen molar-refractivity contribution >= 4 is 5.91 Å². The highest BCUT2D eigenvalue weighted by Crippen LogP contribution is 2.37. The number of nitrogens with one attached hydrogen (secondary N) is 1. The van der Waals surface area contributed by atoms with Gasteiger partial charge >= 0.3 is 0 Å². The first-order valence-electron chi connectivity index (χ1n) is 8.02. The van der Waals surface area contributed by atoms with Crippen LogP contribution >= 0.6 is 0 Å². The zero-order valence-electron chi connectivity index (χ0n) is 14.4. The molecule has 1 fully saturated rings. The molecule has 0 bridgehead atoms. The maximum atomic E-state index is 13.1. The fourth-order valence-corrected chi connectivity index (χ4v) is 3.31. The van der Waals surface area contributed by atoms with Crippen LogP contribution in [-0.2, 0) is 5.54 Å². The lowest BCUT2D eigenvalue weighted by Crippen LogP contribution is -2.45. The van der Waals surface area contributed by atoms with Gasteiger partial charge in [0.15, 0.2) is 0 Å². The molecule has 7 heteroatoms. The van der Waals surface area contributed by atoms with Crippen LogP contribution in [0, 0.1) is 20.8 Å². The third-order valence-electron chi connectivity index (χ3n) is 4.60. The van der Waals surface area contributed by atoms with Gasteiger partial charge in [0.25, 0.3) is 11.5 Å². The van der Waals surface area contributed by atoms with Crippen LogP contribution in [0.15, 0.2) is 17.1 Å². The topological polar surface area (TPSA) is 91.8 Å². The molecule has 3 heterocycles. The first kappa shape index (κ1) is 16.3. The first-order chi connectivity index (χ1) is 11.3. The third-order valence-corrected chi connectivity index (χ3v) is 4.60.